The molecule has 1 amide bonds. The van der Waals surface area contributed by atoms with Crippen LogP contribution in [0.15, 0.2) is 30.3 Å². The number of methoxy groups -OCH3 is 1. The van der Waals surface area contributed by atoms with E-state index in [4.69, 9.17) is 15.1 Å². The first kappa shape index (κ1) is 15.2. The fourth-order valence-corrected chi connectivity index (χ4v) is 1.69. The van der Waals surface area contributed by atoms with Crippen LogP contribution in [0.3, 0.4) is 0 Å². The Morgan fingerprint density at radius 1 is 1.47 bits per heavy atom. The highest BCUT2D eigenvalue weighted by Crippen LogP contribution is 2.08. The molecule has 1 aromatic carbocycles. The zero-order chi connectivity index (χ0) is 14.1. The molecule has 2 atom stereocenters. The molecule has 0 heterocycles. The molecule has 0 bridgehead atoms. The lowest BCUT2D eigenvalue weighted by atomic mass is 9.99. The van der Waals surface area contributed by atoms with Gasteiger partial charge in [-0.3, -0.25) is 4.79 Å². The first-order chi connectivity index (χ1) is 9.21. The zero-order valence-electron chi connectivity index (χ0n) is 10.9. The number of rotatable bonds is 7. The molecule has 1 aromatic rings. The molecule has 0 aromatic heterocycles. The smallest absolute Gasteiger partial charge is 0.238 e. The van der Waals surface area contributed by atoms with Gasteiger partial charge in [-0.25, -0.2) is 0 Å². The highest BCUT2D eigenvalue weighted by atomic mass is 16.5. The molecule has 2 unspecified atom stereocenters. The molecule has 1 rings (SSSR count). The lowest BCUT2D eigenvalue weighted by molar-refractivity contribution is -0.124. The molecule has 0 aliphatic rings. The maximum absolute atomic E-state index is 11.9. The number of carbonyl (C=O) groups excluding carboxylic acids is 1. The van der Waals surface area contributed by atoms with Gasteiger partial charge in [-0.15, -0.1) is 0 Å². The molecule has 0 spiro atoms. The molecular formula is C14H18N2O3. The van der Waals surface area contributed by atoms with Crippen molar-refractivity contribution in [2.75, 3.05) is 20.3 Å². The molecule has 5 heteroatoms. The highest BCUT2D eigenvalue weighted by Gasteiger charge is 2.21. The van der Waals surface area contributed by atoms with Crippen LogP contribution in [-0.2, 0) is 16.0 Å². The summed E-state index contributed by atoms with van der Waals surface area (Å²) in [6, 6.07) is 10.9. The minimum absolute atomic E-state index is 0.214. The summed E-state index contributed by atoms with van der Waals surface area (Å²) in [6.07, 6.45) is 0.355. The Balaban J connectivity index is 2.60. The summed E-state index contributed by atoms with van der Waals surface area (Å²) in [4.78, 5) is 11.9. The predicted molar refractivity (Wildman–Crippen MR) is 70.1 cm³/mol. The monoisotopic (exact) mass is 262 g/mol. The number of benzene rings is 1. The van der Waals surface area contributed by atoms with E-state index in [1.165, 1.54) is 7.11 Å². The van der Waals surface area contributed by atoms with Crippen molar-refractivity contribution in [3.63, 3.8) is 0 Å². The maximum atomic E-state index is 11.9. The Labute approximate surface area is 112 Å². The van der Waals surface area contributed by atoms with E-state index in [0.29, 0.717) is 6.42 Å². The third kappa shape index (κ3) is 5.08. The number of hydrogen-bond donors (Lipinski definition) is 2. The summed E-state index contributed by atoms with van der Waals surface area (Å²) in [5.41, 5.74) is 0.927. The van der Waals surface area contributed by atoms with E-state index in [0.717, 1.165) is 5.56 Å². The molecule has 0 saturated carbocycles. The molecule has 0 fully saturated rings. The number of amides is 1. The Bertz CT molecular complexity index is 428. The van der Waals surface area contributed by atoms with Crippen LogP contribution in [0.5, 0.6) is 0 Å². The average molecular weight is 262 g/mol. The van der Waals surface area contributed by atoms with Crippen LogP contribution in [0, 0.1) is 17.2 Å². The van der Waals surface area contributed by atoms with Gasteiger partial charge in [-0.2, -0.15) is 5.26 Å². The second kappa shape index (κ2) is 8.25. The van der Waals surface area contributed by atoms with E-state index in [-0.39, 0.29) is 19.1 Å². The molecule has 19 heavy (non-hydrogen) atoms. The number of aliphatic hydroxyl groups excluding tert-OH is 1. The Hall–Kier alpha value is -1.90. The van der Waals surface area contributed by atoms with Crippen LogP contribution < -0.4 is 5.32 Å². The number of nitrogens with zero attached hydrogens (tertiary/aromatic N) is 1. The SMILES string of the molecule is COCC(CO)NC(=O)C(C#N)Cc1ccccc1. The molecule has 0 saturated heterocycles. The second-order valence-electron chi connectivity index (χ2n) is 4.21. The van der Waals surface area contributed by atoms with E-state index in [2.05, 4.69) is 5.32 Å². The zero-order valence-corrected chi connectivity index (χ0v) is 10.9. The van der Waals surface area contributed by atoms with Crippen LogP contribution in [0.1, 0.15) is 5.56 Å². The van der Waals surface area contributed by atoms with Gasteiger partial charge in [0.05, 0.1) is 25.3 Å². The quantitative estimate of drug-likeness (QED) is 0.749. The van der Waals surface area contributed by atoms with Crippen LogP contribution in [-0.4, -0.2) is 37.4 Å². The summed E-state index contributed by atoms with van der Waals surface area (Å²) < 4.78 is 4.87. The topological polar surface area (TPSA) is 82.3 Å². The fourth-order valence-electron chi connectivity index (χ4n) is 1.69. The molecule has 102 valence electrons. The van der Waals surface area contributed by atoms with Crippen LogP contribution >= 0.6 is 0 Å². The summed E-state index contributed by atoms with van der Waals surface area (Å²) in [5, 5.41) is 20.7. The number of nitrogens with one attached hydrogen (secondary N) is 1. The van der Waals surface area contributed by atoms with Crippen molar-refractivity contribution in [3.8, 4) is 6.07 Å². The van der Waals surface area contributed by atoms with E-state index in [1.54, 1.807) is 0 Å². The molecule has 5 nitrogen and oxygen atoms in total. The summed E-state index contributed by atoms with van der Waals surface area (Å²) in [5.74, 6) is -1.16. The minimum Gasteiger partial charge on any atom is -0.394 e. The second-order valence-corrected chi connectivity index (χ2v) is 4.21. The van der Waals surface area contributed by atoms with Crippen molar-refractivity contribution in [2.45, 2.75) is 12.5 Å². The van der Waals surface area contributed by atoms with E-state index in [1.807, 2.05) is 36.4 Å². The van der Waals surface area contributed by atoms with Gasteiger partial charge in [0.1, 0.15) is 5.92 Å². The van der Waals surface area contributed by atoms with Crippen molar-refractivity contribution in [1.29, 1.82) is 5.26 Å². The van der Waals surface area contributed by atoms with Crippen LogP contribution in [0.25, 0.3) is 0 Å². The minimum atomic E-state index is -0.770. The van der Waals surface area contributed by atoms with Crippen molar-refractivity contribution >= 4 is 5.91 Å². The largest absolute Gasteiger partial charge is 0.394 e. The normalized spacial score (nSPS) is 13.3. The van der Waals surface area contributed by atoms with Crippen molar-refractivity contribution in [2.24, 2.45) is 5.92 Å². The Morgan fingerprint density at radius 3 is 2.68 bits per heavy atom. The number of aliphatic hydroxyl groups is 1. The van der Waals surface area contributed by atoms with Gasteiger partial charge in [0.2, 0.25) is 5.91 Å². The van der Waals surface area contributed by atoms with E-state index >= 15 is 0 Å². The maximum Gasteiger partial charge on any atom is 0.238 e. The van der Waals surface area contributed by atoms with E-state index < -0.39 is 12.0 Å². The van der Waals surface area contributed by atoms with Gasteiger partial charge in [0.15, 0.2) is 0 Å². The lowest BCUT2D eigenvalue weighted by Gasteiger charge is -2.17. The molecular weight excluding hydrogens is 244 g/mol. The van der Waals surface area contributed by atoms with Crippen molar-refractivity contribution in [3.05, 3.63) is 35.9 Å². The van der Waals surface area contributed by atoms with Gasteiger partial charge >= 0.3 is 0 Å². The van der Waals surface area contributed by atoms with Crippen molar-refractivity contribution < 1.29 is 14.6 Å². The van der Waals surface area contributed by atoms with Gasteiger partial charge in [-0.1, -0.05) is 30.3 Å². The number of carbonyl (C=O) groups is 1. The average Bonchev–Trinajstić information content (AvgIpc) is 2.45. The number of hydrogen-bond acceptors (Lipinski definition) is 4. The van der Waals surface area contributed by atoms with Crippen molar-refractivity contribution in [1.82, 2.24) is 5.32 Å². The fraction of sp³-hybridized carbons (Fsp3) is 0.429. The first-order valence-electron chi connectivity index (χ1n) is 6.05. The Kier molecular flexibility index (Phi) is 6.58. The molecule has 0 aliphatic carbocycles. The first-order valence-corrected chi connectivity index (χ1v) is 6.05. The molecule has 2 N–H and O–H groups in total. The lowest BCUT2D eigenvalue weighted by Crippen LogP contribution is -2.43. The third-order valence-corrected chi connectivity index (χ3v) is 2.69. The van der Waals surface area contributed by atoms with Gasteiger partial charge in [0, 0.05) is 7.11 Å². The summed E-state index contributed by atoms with van der Waals surface area (Å²) in [6.45, 7) is -0.00517. The van der Waals surface area contributed by atoms with Gasteiger partial charge < -0.3 is 15.2 Å². The van der Waals surface area contributed by atoms with Crippen LogP contribution in [0.4, 0.5) is 0 Å². The van der Waals surface area contributed by atoms with Gasteiger partial charge in [-0.05, 0) is 12.0 Å². The standard InChI is InChI=1S/C14H18N2O3/c1-19-10-13(9-17)16-14(18)12(8-15)7-11-5-3-2-4-6-11/h2-6,12-13,17H,7,9-10H2,1H3,(H,16,18). The Morgan fingerprint density at radius 2 is 2.16 bits per heavy atom. The third-order valence-electron chi connectivity index (χ3n) is 2.69. The highest BCUT2D eigenvalue weighted by molar-refractivity contribution is 5.81. The number of nitriles is 1. The molecule has 0 radical (unpaired) electrons. The van der Waals surface area contributed by atoms with Gasteiger partial charge in [0.25, 0.3) is 0 Å². The number of ether oxygens (including phenoxy) is 1. The van der Waals surface area contributed by atoms with E-state index in [9.17, 15) is 4.79 Å². The predicted octanol–water partition coefficient (Wildman–Crippen LogP) is 0.492. The summed E-state index contributed by atoms with van der Waals surface area (Å²) >= 11 is 0. The summed E-state index contributed by atoms with van der Waals surface area (Å²) in [7, 11) is 1.49. The molecule has 0 aliphatic heterocycles. The van der Waals surface area contributed by atoms with Crippen LogP contribution in [0.2, 0.25) is 0 Å².